The molecule has 0 radical (unpaired) electrons. The fourth-order valence-corrected chi connectivity index (χ4v) is 4.64. The van der Waals surface area contributed by atoms with Crippen molar-refractivity contribution in [1.29, 1.82) is 0 Å². The Kier molecular flexibility index (Phi) is 9.25. The number of cyclic esters (lactones) is 1. The average molecular weight is 436 g/mol. The van der Waals surface area contributed by atoms with E-state index in [-0.39, 0.29) is 43.2 Å². The molecule has 2 aliphatic rings. The first kappa shape index (κ1) is 25.5. The molecule has 0 aromatic carbocycles. The van der Waals surface area contributed by atoms with Crippen molar-refractivity contribution in [3.05, 3.63) is 12.2 Å². The number of nitrogens with one attached hydrogen (secondary N) is 2. The van der Waals surface area contributed by atoms with Crippen LogP contribution in [0.3, 0.4) is 0 Å². The molecule has 2 heterocycles. The lowest BCUT2D eigenvalue weighted by atomic mass is 9.84. The number of carbonyl (C=O) groups excluding carboxylic acids is 3. The van der Waals surface area contributed by atoms with Crippen LogP contribution in [0.25, 0.3) is 0 Å². The van der Waals surface area contributed by atoms with E-state index in [1.807, 2.05) is 46.8 Å². The third kappa shape index (κ3) is 6.88. The molecule has 1 saturated heterocycles. The van der Waals surface area contributed by atoms with Crippen molar-refractivity contribution in [1.82, 2.24) is 15.5 Å². The number of Topliss-reactive ketones (excluding diaryl/α,β-unsaturated/α-hetero) is 2. The molecule has 7 nitrogen and oxygen atoms in total. The van der Waals surface area contributed by atoms with E-state index in [2.05, 4.69) is 10.6 Å². The summed E-state index contributed by atoms with van der Waals surface area (Å²) in [6, 6.07) is 0.175. The lowest BCUT2D eigenvalue weighted by molar-refractivity contribution is -0.129. The van der Waals surface area contributed by atoms with E-state index in [1.54, 1.807) is 4.90 Å². The second kappa shape index (κ2) is 11.2. The largest absolute Gasteiger partial charge is 0.445 e. The Morgan fingerprint density at radius 2 is 1.87 bits per heavy atom. The molecule has 7 heteroatoms. The fourth-order valence-electron chi connectivity index (χ4n) is 4.64. The number of carbonyl (C=O) groups is 3. The first-order chi connectivity index (χ1) is 14.6. The van der Waals surface area contributed by atoms with Gasteiger partial charge in [-0.1, -0.05) is 38.8 Å². The molecular weight excluding hydrogens is 394 g/mol. The molecule has 1 fully saturated rings. The Hall–Kier alpha value is -1.73. The van der Waals surface area contributed by atoms with Gasteiger partial charge in [0, 0.05) is 25.0 Å². The molecule has 0 aromatic rings. The Balaban J connectivity index is 2.26. The van der Waals surface area contributed by atoms with Crippen molar-refractivity contribution >= 4 is 17.7 Å². The van der Waals surface area contributed by atoms with Gasteiger partial charge in [-0.25, -0.2) is 4.79 Å². The number of ketones is 2. The Morgan fingerprint density at radius 1 is 1.13 bits per heavy atom. The molecule has 2 N–H and O–H groups in total. The van der Waals surface area contributed by atoms with E-state index in [1.165, 1.54) is 0 Å². The van der Waals surface area contributed by atoms with Crippen molar-refractivity contribution in [2.24, 2.45) is 5.92 Å². The van der Waals surface area contributed by atoms with E-state index in [9.17, 15) is 14.4 Å². The molecule has 0 saturated carbocycles. The van der Waals surface area contributed by atoms with E-state index >= 15 is 0 Å². The van der Waals surface area contributed by atoms with Crippen LogP contribution in [0, 0.1) is 5.92 Å². The minimum absolute atomic E-state index is 0.0342. The molecule has 2 rings (SSSR count). The molecule has 31 heavy (non-hydrogen) atoms. The van der Waals surface area contributed by atoms with E-state index < -0.39 is 17.2 Å². The van der Waals surface area contributed by atoms with Crippen LogP contribution in [0.1, 0.15) is 73.1 Å². The monoisotopic (exact) mass is 435 g/mol. The van der Waals surface area contributed by atoms with Crippen LogP contribution in [-0.4, -0.2) is 65.9 Å². The predicted molar refractivity (Wildman–Crippen MR) is 122 cm³/mol. The van der Waals surface area contributed by atoms with Gasteiger partial charge < -0.3 is 15.0 Å². The number of amides is 1. The summed E-state index contributed by atoms with van der Waals surface area (Å²) in [6.45, 7) is 10.8. The van der Waals surface area contributed by atoms with Gasteiger partial charge in [-0.05, 0) is 46.5 Å². The second-order valence-corrected chi connectivity index (χ2v) is 9.83. The fraction of sp³-hybridized carbons (Fsp3) is 0.792. The molecule has 2 aliphatic heterocycles. The Labute approximate surface area is 187 Å². The van der Waals surface area contributed by atoms with Crippen LogP contribution in [-0.2, 0) is 14.3 Å². The quantitative estimate of drug-likeness (QED) is 0.659. The molecule has 0 spiro atoms. The summed E-state index contributed by atoms with van der Waals surface area (Å²) < 4.78 is 5.36. The molecule has 2 atom stereocenters. The molecule has 0 aromatic heterocycles. The molecule has 2 bridgehead atoms. The third-order valence-electron chi connectivity index (χ3n) is 6.35. The van der Waals surface area contributed by atoms with Gasteiger partial charge in [-0.15, -0.1) is 0 Å². The van der Waals surface area contributed by atoms with E-state index in [0.29, 0.717) is 13.0 Å². The summed E-state index contributed by atoms with van der Waals surface area (Å²) in [5, 5.41) is 6.76. The zero-order valence-corrected chi connectivity index (χ0v) is 20.0. The number of rotatable bonds is 4. The van der Waals surface area contributed by atoms with Gasteiger partial charge in [-0.3, -0.25) is 14.9 Å². The summed E-state index contributed by atoms with van der Waals surface area (Å²) in [6.07, 6.45) is 8.70. The highest BCUT2D eigenvalue weighted by atomic mass is 16.6. The molecule has 0 aliphatic carbocycles. The summed E-state index contributed by atoms with van der Waals surface area (Å²) in [5.74, 6) is -0.106. The van der Waals surface area contributed by atoms with Crippen molar-refractivity contribution in [2.75, 3.05) is 26.2 Å². The van der Waals surface area contributed by atoms with Crippen molar-refractivity contribution < 1.29 is 19.1 Å². The van der Waals surface area contributed by atoms with Gasteiger partial charge >= 0.3 is 6.09 Å². The van der Waals surface area contributed by atoms with E-state index in [4.69, 9.17) is 4.74 Å². The zero-order chi connectivity index (χ0) is 23.1. The van der Waals surface area contributed by atoms with Gasteiger partial charge in [0.25, 0.3) is 0 Å². The van der Waals surface area contributed by atoms with Crippen LogP contribution in [0.4, 0.5) is 4.79 Å². The normalized spacial score (nSPS) is 29.3. The number of fused-ring (bicyclic) bond motifs is 2. The maximum atomic E-state index is 13.3. The zero-order valence-electron chi connectivity index (χ0n) is 20.0. The number of ether oxygens (including phenoxy) is 1. The second-order valence-electron chi connectivity index (χ2n) is 9.83. The minimum atomic E-state index is -0.911. The van der Waals surface area contributed by atoms with Crippen LogP contribution in [0.2, 0.25) is 0 Å². The number of hydrogen-bond donors (Lipinski definition) is 2. The van der Waals surface area contributed by atoms with Gasteiger partial charge in [-0.2, -0.15) is 0 Å². The maximum absolute atomic E-state index is 13.3. The topological polar surface area (TPSA) is 87.7 Å². The maximum Gasteiger partial charge on any atom is 0.410 e. The highest BCUT2D eigenvalue weighted by Crippen LogP contribution is 2.27. The standard InChI is InChI=1S/C24H41N3O4/c1-18(2)21(29)24-13-14-27(17-24)22(30)31-15-11-9-7-6-8-10-12-23(5,26-19(3)4)20(28)16-25-24/h9,11,18-19,25-26H,6-8,10,12-17H2,1-5H3/t23-,24+/m1/s1. The molecule has 0 unspecified atom stereocenters. The summed E-state index contributed by atoms with van der Waals surface area (Å²) in [7, 11) is 0. The number of hydrogen-bond acceptors (Lipinski definition) is 6. The minimum Gasteiger partial charge on any atom is -0.445 e. The van der Waals surface area contributed by atoms with Gasteiger partial charge in [0.1, 0.15) is 6.61 Å². The Morgan fingerprint density at radius 3 is 2.55 bits per heavy atom. The van der Waals surface area contributed by atoms with Gasteiger partial charge in [0.15, 0.2) is 11.6 Å². The van der Waals surface area contributed by atoms with Crippen LogP contribution < -0.4 is 10.6 Å². The predicted octanol–water partition coefficient (Wildman–Crippen LogP) is 3.23. The van der Waals surface area contributed by atoms with Crippen molar-refractivity contribution in [3.63, 3.8) is 0 Å². The Bertz CT molecular complexity index is 676. The molecule has 1 amide bonds. The van der Waals surface area contributed by atoms with E-state index in [0.717, 1.165) is 32.1 Å². The molecule has 176 valence electrons. The summed E-state index contributed by atoms with van der Waals surface area (Å²) in [5.41, 5.74) is -1.56. The smallest absolute Gasteiger partial charge is 0.410 e. The highest BCUT2D eigenvalue weighted by Gasteiger charge is 2.47. The first-order valence-electron chi connectivity index (χ1n) is 11.8. The number of allylic oxidation sites excluding steroid dienone is 1. The number of nitrogens with zero attached hydrogens (tertiary/aromatic N) is 1. The third-order valence-corrected chi connectivity index (χ3v) is 6.35. The summed E-state index contributed by atoms with van der Waals surface area (Å²) >= 11 is 0. The van der Waals surface area contributed by atoms with Gasteiger partial charge in [0.2, 0.25) is 0 Å². The average Bonchev–Trinajstić information content (AvgIpc) is 3.14. The van der Waals surface area contributed by atoms with Crippen LogP contribution in [0.5, 0.6) is 0 Å². The molecular formula is C24H41N3O4. The van der Waals surface area contributed by atoms with Gasteiger partial charge in [0.05, 0.1) is 17.6 Å². The lowest BCUT2D eigenvalue weighted by Gasteiger charge is -2.35. The van der Waals surface area contributed by atoms with Crippen LogP contribution in [0.15, 0.2) is 12.2 Å². The highest BCUT2D eigenvalue weighted by molar-refractivity contribution is 5.94. The van der Waals surface area contributed by atoms with Crippen LogP contribution >= 0.6 is 0 Å². The van der Waals surface area contributed by atoms with Crippen molar-refractivity contribution in [3.8, 4) is 0 Å². The lowest BCUT2D eigenvalue weighted by Crippen LogP contribution is -2.61. The first-order valence-corrected chi connectivity index (χ1v) is 11.8. The van der Waals surface area contributed by atoms with Crippen molar-refractivity contribution in [2.45, 2.75) is 90.3 Å². The SMILES string of the molecule is CC(C)N[C@]1(C)CCCCCC=CCOC(=O)N2CC[C@@](C(=O)C(C)C)(C2)NCC1=O. The summed E-state index contributed by atoms with van der Waals surface area (Å²) in [4.78, 5) is 40.6.